The average Bonchev–Trinajstić information content (AvgIpc) is 2.64. The molecule has 1 N–H and O–H groups in total. The highest BCUT2D eigenvalue weighted by atomic mass is 16.5. The van der Waals surface area contributed by atoms with E-state index in [0.717, 1.165) is 44.1 Å². The summed E-state index contributed by atoms with van der Waals surface area (Å²) < 4.78 is 11.2. The highest BCUT2D eigenvalue weighted by molar-refractivity contribution is 5.43. The number of nitrogens with one attached hydrogen (secondary N) is 1. The number of hydrogen-bond acceptors (Lipinski definition) is 5. The van der Waals surface area contributed by atoms with Crippen molar-refractivity contribution >= 4 is 0 Å². The lowest BCUT2D eigenvalue weighted by molar-refractivity contribution is 0.211. The Morgan fingerprint density at radius 3 is 2.77 bits per heavy atom. The standard InChI is InChI=1S/C21H31N3O2/c1-17(2)16-24-11-8-19(9-12-24)23-15-18-6-7-20(25-3)21(14-18)26-13-5-4-10-22/h6-7,14,19,23H,1,4-5,8-9,11-13,15-16H2,2-3H3. The van der Waals surface area contributed by atoms with Gasteiger partial charge in [0.1, 0.15) is 0 Å². The third kappa shape index (κ3) is 6.70. The van der Waals surface area contributed by atoms with Crippen molar-refractivity contribution in [3.05, 3.63) is 35.9 Å². The van der Waals surface area contributed by atoms with E-state index in [1.165, 1.54) is 24.0 Å². The van der Waals surface area contributed by atoms with E-state index < -0.39 is 0 Å². The number of nitriles is 1. The number of rotatable bonds is 10. The number of ether oxygens (including phenoxy) is 2. The minimum absolute atomic E-state index is 0.508. The molecule has 26 heavy (non-hydrogen) atoms. The van der Waals surface area contributed by atoms with Gasteiger partial charge in [-0.05, 0) is 57.0 Å². The number of unbranched alkanes of at least 4 members (excludes halogenated alkanes) is 1. The maximum atomic E-state index is 8.62. The first kappa shape index (κ1) is 20.3. The smallest absolute Gasteiger partial charge is 0.161 e. The van der Waals surface area contributed by atoms with Crippen molar-refractivity contribution in [1.82, 2.24) is 10.2 Å². The fourth-order valence-corrected chi connectivity index (χ4v) is 3.22. The molecule has 0 aromatic heterocycles. The Morgan fingerprint density at radius 2 is 2.12 bits per heavy atom. The molecule has 0 radical (unpaired) electrons. The molecular weight excluding hydrogens is 326 g/mol. The number of methoxy groups -OCH3 is 1. The molecule has 0 unspecified atom stereocenters. The van der Waals surface area contributed by atoms with Crippen LogP contribution in [0.4, 0.5) is 0 Å². The molecular formula is C21H31N3O2. The lowest BCUT2D eigenvalue weighted by atomic mass is 10.0. The molecule has 1 fully saturated rings. The third-order valence-corrected chi connectivity index (χ3v) is 4.59. The van der Waals surface area contributed by atoms with Crippen molar-refractivity contribution in [1.29, 1.82) is 5.26 Å². The van der Waals surface area contributed by atoms with Gasteiger partial charge in [-0.25, -0.2) is 0 Å². The molecule has 5 nitrogen and oxygen atoms in total. The van der Waals surface area contributed by atoms with Crippen LogP contribution in [0.15, 0.2) is 30.4 Å². The van der Waals surface area contributed by atoms with Crippen LogP contribution in [0, 0.1) is 11.3 Å². The summed E-state index contributed by atoms with van der Waals surface area (Å²) in [4.78, 5) is 2.47. The van der Waals surface area contributed by atoms with Crippen molar-refractivity contribution in [3.8, 4) is 17.6 Å². The van der Waals surface area contributed by atoms with Crippen LogP contribution < -0.4 is 14.8 Å². The van der Waals surface area contributed by atoms with Crippen LogP contribution in [-0.4, -0.2) is 44.3 Å². The zero-order valence-electron chi connectivity index (χ0n) is 16.1. The van der Waals surface area contributed by atoms with Gasteiger partial charge in [-0.1, -0.05) is 18.2 Å². The Labute approximate surface area is 157 Å². The second-order valence-electron chi connectivity index (χ2n) is 6.98. The van der Waals surface area contributed by atoms with E-state index in [9.17, 15) is 0 Å². The van der Waals surface area contributed by atoms with Gasteiger partial charge in [0.05, 0.1) is 19.8 Å². The topological polar surface area (TPSA) is 57.5 Å². The fourth-order valence-electron chi connectivity index (χ4n) is 3.22. The zero-order valence-corrected chi connectivity index (χ0v) is 16.1. The summed E-state index contributed by atoms with van der Waals surface area (Å²) in [7, 11) is 1.65. The highest BCUT2D eigenvalue weighted by Crippen LogP contribution is 2.28. The van der Waals surface area contributed by atoms with Crippen molar-refractivity contribution in [2.75, 3.05) is 33.4 Å². The van der Waals surface area contributed by atoms with Gasteiger partial charge in [-0.3, -0.25) is 4.90 Å². The first-order valence-electron chi connectivity index (χ1n) is 9.39. The van der Waals surface area contributed by atoms with E-state index in [2.05, 4.69) is 35.9 Å². The molecule has 1 heterocycles. The molecule has 142 valence electrons. The number of piperidine rings is 1. The molecule has 1 aromatic carbocycles. The maximum absolute atomic E-state index is 8.62. The number of likely N-dealkylation sites (tertiary alicyclic amines) is 1. The van der Waals surface area contributed by atoms with Crippen molar-refractivity contribution < 1.29 is 9.47 Å². The fraction of sp³-hybridized carbons (Fsp3) is 0.571. The van der Waals surface area contributed by atoms with E-state index in [1.807, 2.05) is 12.1 Å². The molecule has 0 amide bonds. The Hall–Kier alpha value is -2.03. The maximum Gasteiger partial charge on any atom is 0.161 e. The molecule has 0 spiro atoms. The summed E-state index contributed by atoms with van der Waals surface area (Å²) in [5.41, 5.74) is 2.42. The predicted octanol–water partition coefficient (Wildman–Crippen LogP) is 3.51. The largest absolute Gasteiger partial charge is 0.493 e. The summed E-state index contributed by atoms with van der Waals surface area (Å²) in [6.45, 7) is 10.7. The molecule has 5 heteroatoms. The molecule has 1 aliphatic heterocycles. The van der Waals surface area contributed by atoms with E-state index in [-0.39, 0.29) is 0 Å². The summed E-state index contributed by atoms with van der Waals surface area (Å²) >= 11 is 0. The van der Waals surface area contributed by atoms with Crippen LogP contribution in [0.1, 0.15) is 38.2 Å². The number of benzene rings is 1. The predicted molar refractivity (Wildman–Crippen MR) is 104 cm³/mol. The van der Waals surface area contributed by atoms with E-state index >= 15 is 0 Å². The van der Waals surface area contributed by atoms with Crippen LogP contribution in [0.25, 0.3) is 0 Å². The van der Waals surface area contributed by atoms with E-state index in [0.29, 0.717) is 19.1 Å². The lowest BCUT2D eigenvalue weighted by Crippen LogP contribution is -2.42. The van der Waals surface area contributed by atoms with Gasteiger partial charge >= 0.3 is 0 Å². The molecule has 0 atom stereocenters. The van der Waals surface area contributed by atoms with E-state index in [4.69, 9.17) is 14.7 Å². The minimum atomic E-state index is 0.508. The third-order valence-electron chi connectivity index (χ3n) is 4.59. The first-order valence-corrected chi connectivity index (χ1v) is 9.39. The summed E-state index contributed by atoms with van der Waals surface area (Å²) in [5.74, 6) is 1.49. The van der Waals surface area contributed by atoms with E-state index in [1.54, 1.807) is 7.11 Å². The zero-order chi connectivity index (χ0) is 18.8. The van der Waals surface area contributed by atoms with Gasteiger partial charge in [0.2, 0.25) is 0 Å². The Morgan fingerprint density at radius 1 is 1.35 bits per heavy atom. The average molecular weight is 357 g/mol. The minimum Gasteiger partial charge on any atom is -0.493 e. The molecule has 0 aliphatic carbocycles. The summed E-state index contributed by atoms with van der Waals surface area (Å²) in [6.07, 6.45) is 3.57. The molecule has 0 bridgehead atoms. The monoisotopic (exact) mass is 357 g/mol. The van der Waals surface area contributed by atoms with Gasteiger partial charge in [0.15, 0.2) is 11.5 Å². The van der Waals surface area contributed by atoms with Gasteiger partial charge < -0.3 is 14.8 Å². The van der Waals surface area contributed by atoms with Gasteiger partial charge in [-0.2, -0.15) is 5.26 Å². The summed E-state index contributed by atoms with van der Waals surface area (Å²) in [6, 6.07) is 8.75. The normalized spacial score (nSPS) is 15.4. The quantitative estimate of drug-likeness (QED) is 0.513. The first-order chi connectivity index (χ1) is 12.6. The highest BCUT2D eigenvalue weighted by Gasteiger charge is 2.18. The van der Waals surface area contributed by atoms with Crippen molar-refractivity contribution in [2.45, 2.75) is 45.2 Å². The molecule has 1 aromatic rings. The van der Waals surface area contributed by atoms with Crippen LogP contribution in [0.5, 0.6) is 11.5 Å². The number of hydrogen-bond donors (Lipinski definition) is 1. The van der Waals surface area contributed by atoms with Crippen molar-refractivity contribution in [2.24, 2.45) is 0 Å². The lowest BCUT2D eigenvalue weighted by Gasteiger charge is -2.32. The second kappa shape index (κ2) is 10.8. The van der Waals surface area contributed by atoms with Crippen LogP contribution in [0.3, 0.4) is 0 Å². The van der Waals surface area contributed by atoms with Crippen LogP contribution in [-0.2, 0) is 6.54 Å². The van der Waals surface area contributed by atoms with Gasteiger partial charge in [0.25, 0.3) is 0 Å². The SMILES string of the molecule is C=C(C)CN1CCC(NCc2ccc(OC)c(OCCCC#N)c2)CC1. The second-order valence-corrected chi connectivity index (χ2v) is 6.98. The Bertz CT molecular complexity index is 616. The molecule has 1 saturated heterocycles. The molecule has 0 saturated carbocycles. The summed E-state index contributed by atoms with van der Waals surface area (Å²) in [5, 5.41) is 12.3. The van der Waals surface area contributed by atoms with Crippen LogP contribution >= 0.6 is 0 Å². The number of nitrogens with zero attached hydrogens (tertiary/aromatic N) is 2. The van der Waals surface area contributed by atoms with Gasteiger partial charge in [-0.15, -0.1) is 0 Å². The van der Waals surface area contributed by atoms with Crippen molar-refractivity contribution in [3.63, 3.8) is 0 Å². The Balaban J connectivity index is 1.82. The van der Waals surface area contributed by atoms with Gasteiger partial charge in [0, 0.05) is 25.6 Å². The Kier molecular flexibility index (Phi) is 8.46. The molecule has 1 aliphatic rings. The molecule has 2 rings (SSSR count). The van der Waals surface area contributed by atoms with Crippen LogP contribution in [0.2, 0.25) is 0 Å².